The molecule has 1 heterocycles. The van der Waals surface area contributed by atoms with Crippen LogP contribution in [0.1, 0.15) is 6.42 Å². The monoisotopic (exact) mass is 406 g/mol. The fourth-order valence-electron chi connectivity index (χ4n) is 2.72. The van der Waals surface area contributed by atoms with Crippen LogP contribution in [0.3, 0.4) is 0 Å². The Bertz CT molecular complexity index is 954. The first-order valence-corrected chi connectivity index (χ1v) is 10.1. The van der Waals surface area contributed by atoms with E-state index in [0.717, 1.165) is 0 Å². The summed E-state index contributed by atoms with van der Waals surface area (Å²) >= 11 is 5.83. The number of carbonyl (C=O) groups is 1. The number of sulfonamides is 1. The van der Waals surface area contributed by atoms with E-state index in [9.17, 15) is 13.2 Å². The fraction of sp³-hybridized carbons (Fsp3) is 0.211. The number of anilines is 1. The highest BCUT2D eigenvalue weighted by molar-refractivity contribution is 7.89. The zero-order chi connectivity index (χ0) is 19.4. The number of hydrogen-bond donors (Lipinski definition) is 1. The zero-order valence-electron chi connectivity index (χ0n) is 14.7. The van der Waals surface area contributed by atoms with E-state index in [1.807, 2.05) is 0 Å². The number of carbonyl (C=O) groups excluding carboxylic acids is 1. The molecule has 0 radical (unpaired) electrons. The molecule has 0 bridgehead atoms. The van der Waals surface area contributed by atoms with Crippen molar-refractivity contribution in [1.29, 1.82) is 0 Å². The van der Waals surface area contributed by atoms with Crippen molar-refractivity contribution in [2.75, 3.05) is 25.5 Å². The second-order valence-electron chi connectivity index (χ2n) is 5.98. The highest BCUT2D eigenvalue weighted by Crippen LogP contribution is 2.23. The number of ether oxygens (including phenoxy) is 1. The van der Waals surface area contributed by atoms with Crippen molar-refractivity contribution in [2.24, 2.45) is 0 Å². The zero-order valence-corrected chi connectivity index (χ0v) is 16.3. The van der Waals surface area contributed by atoms with Gasteiger partial charge in [-0.1, -0.05) is 17.7 Å². The van der Waals surface area contributed by atoms with Gasteiger partial charge in [-0.15, -0.1) is 0 Å². The molecule has 0 aliphatic carbocycles. The number of benzene rings is 2. The van der Waals surface area contributed by atoms with Gasteiger partial charge in [-0.25, -0.2) is 8.42 Å². The molecule has 8 heteroatoms. The van der Waals surface area contributed by atoms with Crippen LogP contribution in [-0.2, 0) is 14.8 Å². The maximum absolute atomic E-state index is 12.7. The summed E-state index contributed by atoms with van der Waals surface area (Å²) in [4.78, 5) is 12.6. The van der Waals surface area contributed by atoms with Crippen molar-refractivity contribution in [3.05, 3.63) is 65.2 Å². The van der Waals surface area contributed by atoms with E-state index in [1.54, 1.807) is 42.5 Å². The minimum atomic E-state index is -3.61. The number of nitrogens with one attached hydrogen (secondary N) is 1. The quantitative estimate of drug-likeness (QED) is 0.826. The number of methoxy groups -OCH3 is 1. The van der Waals surface area contributed by atoms with Crippen LogP contribution >= 0.6 is 11.6 Å². The molecule has 1 N–H and O–H groups in total. The van der Waals surface area contributed by atoms with Gasteiger partial charge < -0.3 is 10.1 Å². The molecule has 0 atom stereocenters. The average Bonchev–Trinajstić information content (AvgIpc) is 2.70. The molecule has 0 fully saturated rings. The molecule has 2 aromatic rings. The van der Waals surface area contributed by atoms with Crippen LogP contribution in [0.5, 0.6) is 5.75 Å². The Kier molecular flexibility index (Phi) is 5.84. The Balaban J connectivity index is 1.67. The predicted molar refractivity (Wildman–Crippen MR) is 105 cm³/mol. The number of nitrogens with zero attached hydrogens (tertiary/aromatic N) is 1. The molecule has 142 valence electrons. The van der Waals surface area contributed by atoms with Gasteiger partial charge >= 0.3 is 0 Å². The van der Waals surface area contributed by atoms with Crippen LogP contribution in [0.15, 0.2) is 65.1 Å². The normalized spacial score (nSPS) is 15.1. The number of amides is 1. The lowest BCUT2D eigenvalue weighted by Gasteiger charge is -2.25. The molecular weight excluding hydrogens is 388 g/mol. The Morgan fingerprint density at radius 1 is 1.11 bits per heavy atom. The van der Waals surface area contributed by atoms with Crippen molar-refractivity contribution in [1.82, 2.24) is 4.31 Å². The van der Waals surface area contributed by atoms with Crippen LogP contribution in [0.2, 0.25) is 5.02 Å². The van der Waals surface area contributed by atoms with Crippen molar-refractivity contribution < 1.29 is 17.9 Å². The highest BCUT2D eigenvalue weighted by Gasteiger charge is 2.27. The van der Waals surface area contributed by atoms with E-state index in [1.165, 1.54) is 23.5 Å². The van der Waals surface area contributed by atoms with Gasteiger partial charge in [0.2, 0.25) is 10.0 Å². The van der Waals surface area contributed by atoms with E-state index in [0.29, 0.717) is 28.5 Å². The van der Waals surface area contributed by atoms with Gasteiger partial charge in [0.25, 0.3) is 5.91 Å². The summed E-state index contributed by atoms with van der Waals surface area (Å²) in [6.45, 7) is 0.395. The van der Waals surface area contributed by atoms with Gasteiger partial charge in [-0.05, 0) is 55.0 Å². The Morgan fingerprint density at radius 2 is 1.78 bits per heavy atom. The molecular formula is C19H19ClN2O4S. The topological polar surface area (TPSA) is 75.7 Å². The summed E-state index contributed by atoms with van der Waals surface area (Å²) in [5.74, 6) is 0.354. The van der Waals surface area contributed by atoms with Crippen molar-refractivity contribution >= 4 is 33.2 Å². The van der Waals surface area contributed by atoms with E-state index in [-0.39, 0.29) is 23.9 Å². The first kappa shape index (κ1) is 19.4. The van der Waals surface area contributed by atoms with E-state index in [4.69, 9.17) is 16.3 Å². The van der Waals surface area contributed by atoms with Gasteiger partial charge in [0.1, 0.15) is 5.75 Å². The van der Waals surface area contributed by atoms with Crippen LogP contribution < -0.4 is 10.1 Å². The third-order valence-corrected chi connectivity index (χ3v) is 6.39. The second-order valence-corrected chi connectivity index (χ2v) is 8.35. The van der Waals surface area contributed by atoms with Gasteiger partial charge in [0.05, 0.1) is 12.0 Å². The molecule has 1 aliphatic rings. The number of hydrogen-bond acceptors (Lipinski definition) is 4. The molecule has 2 aromatic carbocycles. The van der Waals surface area contributed by atoms with Crippen molar-refractivity contribution in [3.63, 3.8) is 0 Å². The Morgan fingerprint density at radius 3 is 2.33 bits per heavy atom. The largest absolute Gasteiger partial charge is 0.497 e. The molecule has 0 aromatic heterocycles. The lowest BCUT2D eigenvalue weighted by Crippen LogP contribution is -2.36. The molecule has 0 saturated carbocycles. The summed E-state index contributed by atoms with van der Waals surface area (Å²) in [7, 11) is -2.09. The molecule has 1 amide bonds. The van der Waals surface area contributed by atoms with Crippen LogP contribution in [-0.4, -0.2) is 38.8 Å². The minimum absolute atomic E-state index is 0.151. The van der Waals surface area contributed by atoms with Gasteiger partial charge in [-0.2, -0.15) is 4.31 Å². The third kappa shape index (κ3) is 4.50. The van der Waals surface area contributed by atoms with E-state index in [2.05, 4.69) is 5.32 Å². The second kappa shape index (κ2) is 8.12. The van der Waals surface area contributed by atoms with E-state index >= 15 is 0 Å². The first-order chi connectivity index (χ1) is 12.9. The summed E-state index contributed by atoms with van der Waals surface area (Å²) in [5, 5.41) is 3.38. The molecule has 0 spiro atoms. The molecule has 1 aliphatic heterocycles. The van der Waals surface area contributed by atoms with Crippen LogP contribution in [0, 0.1) is 0 Å². The summed E-state index contributed by atoms with van der Waals surface area (Å²) < 4.78 is 31.9. The Labute approximate surface area is 163 Å². The minimum Gasteiger partial charge on any atom is -0.497 e. The summed E-state index contributed by atoms with van der Waals surface area (Å²) in [6, 6.07) is 13.1. The first-order valence-electron chi connectivity index (χ1n) is 8.30. The molecule has 27 heavy (non-hydrogen) atoms. The van der Waals surface area contributed by atoms with Crippen LogP contribution in [0.25, 0.3) is 0 Å². The molecule has 3 rings (SSSR count). The highest BCUT2D eigenvalue weighted by atomic mass is 35.5. The summed E-state index contributed by atoms with van der Waals surface area (Å²) in [6.07, 6.45) is 1.99. The predicted octanol–water partition coefficient (Wildman–Crippen LogP) is 3.31. The number of halogens is 1. The maximum Gasteiger partial charge on any atom is 0.251 e. The van der Waals surface area contributed by atoms with E-state index < -0.39 is 10.0 Å². The summed E-state index contributed by atoms with van der Waals surface area (Å²) in [5.41, 5.74) is 1.20. The average molecular weight is 407 g/mol. The lowest BCUT2D eigenvalue weighted by atomic mass is 10.1. The van der Waals surface area contributed by atoms with Gasteiger partial charge in [0, 0.05) is 29.4 Å². The smallest absolute Gasteiger partial charge is 0.251 e. The lowest BCUT2D eigenvalue weighted by molar-refractivity contribution is -0.113. The number of rotatable bonds is 5. The molecule has 6 nitrogen and oxygen atoms in total. The van der Waals surface area contributed by atoms with Crippen molar-refractivity contribution in [3.8, 4) is 5.75 Å². The standard InChI is InChI=1S/C19H19ClN2O4S/c1-26-17-6-8-18(9-7-17)27(24,25)22-12-10-14(11-13-22)19(23)21-16-4-2-15(20)3-5-16/h2-10H,11-13H2,1H3,(H,21,23). The SMILES string of the molecule is COc1ccc(S(=O)(=O)N2CC=C(C(=O)Nc3ccc(Cl)cc3)CC2)cc1. The molecule has 0 unspecified atom stereocenters. The van der Waals surface area contributed by atoms with Gasteiger partial charge in [0.15, 0.2) is 0 Å². The fourth-order valence-corrected chi connectivity index (χ4v) is 4.22. The van der Waals surface area contributed by atoms with Crippen molar-refractivity contribution in [2.45, 2.75) is 11.3 Å². The Hall–Kier alpha value is -2.35. The van der Waals surface area contributed by atoms with Gasteiger partial charge in [-0.3, -0.25) is 4.79 Å². The maximum atomic E-state index is 12.7. The third-order valence-electron chi connectivity index (χ3n) is 4.26. The molecule has 0 saturated heterocycles. The van der Waals surface area contributed by atoms with Crippen LogP contribution in [0.4, 0.5) is 5.69 Å².